The highest BCUT2D eigenvalue weighted by Gasteiger charge is 2.19. The first-order valence-electron chi connectivity index (χ1n) is 7.13. The number of fused-ring (bicyclic) bond motifs is 1. The maximum atomic E-state index is 8.91. The minimum atomic E-state index is 0.517. The summed E-state index contributed by atoms with van der Waals surface area (Å²) in [7, 11) is 0. The van der Waals surface area contributed by atoms with E-state index in [2.05, 4.69) is 16.3 Å². The molecule has 1 saturated carbocycles. The summed E-state index contributed by atoms with van der Waals surface area (Å²) in [5, 5.41) is 17.5. The summed E-state index contributed by atoms with van der Waals surface area (Å²) >= 11 is 0. The average molecular weight is 254 g/mol. The molecule has 0 bridgehead atoms. The molecule has 98 valence electrons. The molecule has 0 atom stereocenters. The van der Waals surface area contributed by atoms with Crippen LogP contribution in [0.1, 0.15) is 62.3 Å². The van der Waals surface area contributed by atoms with Gasteiger partial charge in [0.1, 0.15) is 5.82 Å². The molecule has 2 aromatic rings. The molecule has 4 heteroatoms. The fraction of sp³-hybridized carbons (Fsp3) is 0.533. The number of hydrogen-bond acceptors (Lipinski definition) is 3. The van der Waals surface area contributed by atoms with E-state index in [1.165, 1.54) is 44.9 Å². The first kappa shape index (κ1) is 12.2. The van der Waals surface area contributed by atoms with Crippen molar-refractivity contribution in [1.82, 2.24) is 14.6 Å². The minimum Gasteiger partial charge on any atom is -0.286 e. The number of aromatic nitrogens is 3. The number of rotatable bonds is 1. The van der Waals surface area contributed by atoms with Crippen molar-refractivity contribution in [1.29, 1.82) is 5.26 Å². The largest absolute Gasteiger partial charge is 0.286 e. The highest BCUT2D eigenvalue weighted by atomic mass is 15.2. The first-order chi connectivity index (χ1) is 9.38. The van der Waals surface area contributed by atoms with Gasteiger partial charge in [0.15, 0.2) is 5.65 Å². The number of nitriles is 1. The van der Waals surface area contributed by atoms with Crippen LogP contribution in [0, 0.1) is 11.3 Å². The molecule has 0 aromatic carbocycles. The van der Waals surface area contributed by atoms with E-state index in [1.54, 1.807) is 6.07 Å². The highest BCUT2D eigenvalue weighted by Crippen LogP contribution is 2.30. The van der Waals surface area contributed by atoms with Crippen molar-refractivity contribution in [3.63, 3.8) is 0 Å². The van der Waals surface area contributed by atoms with Crippen LogP contribution >= 0.6 is 0 Å². The Balaban J connectivity index is 1.93. The van der Waals surface area contributed by atoms with Crippen LogP contribution in [0.4, 0.5) is 0 Å². The standard InChI is InChI=1S/C15H18N4/c16-11-12-8-9-19-14(10-12)17-18-15(19)13-6-4-2-1-3-5-7-13/h8-10,13H,1-7H2. The second-order valence-corrected chi connectivity index (χ2v) is 5.36. The molecular formula is C15H18N4. The molecule has 1 aliphatic rings. The lowest BCUT2D eigenvalue weighted by Gasteiger charge is -2.17. The van der Waals surface area contributed by atoms with Gasteiger partial charge >= 0.3 is 0 Å². The molecule has 0 spiro atoms. The minimum absolute atomic E-state index is 0.517. The molecule has 2 aromatic heterocycles. The molecule has 1 fully saturated rings. The smallest absolute Gasteiger partial charge is 0.162 e. The number of nitrogens with zero attached hydrogens (tertiary/aromatic N) is 4. The van der Waals surface area contributed by atoms with Crippen molar-refractivity contribution in [2.45, 2.75) is 50.9 Å². The van der Waals surface area contributed by atoms with Crippen molar-refractivity contribution in [2.24, 2.45) is 0 Å². The lowest BCUT2D eigenvalue weighted by atomic mass is 9.90. The number of pyridine rings is 1. The van der Waals surface area contributed by atoms with E-state index in [-0.39, 0.29) is 0 Å². The topological polar surface area (TPSA) is 54.0 Å². The summed E-state index contributed by atoms with van der Waals surface area (Å²) in [5.41, 5.74) is 1.43. The number of hydrogen-bond donors (Lipinski definition) is 0. The Labute approximate surface area is 113 Å². The summed E-state index contributed by atoms with van der Waals surface area (Å²) in [4.78, 5) is 0. The van der Waals surface area contributed by atoms with Gasteiger partial charge in [-0.15, -0.1) is 10.2 Å². The third kappa shape index (κ3) is 2.46. The van der Waals surface area contributed by atoms with Gasteiger partial charge in [-0.1, -0.05) is 32.1 Å². The lowest BCUT2D eigenvalue weighted by molar-refractivity contribution is 0.440. The summed E-state index contributed by atoms with van der Waals surface area (Å²) in [6, 6.07) is 5.79. The Morgan fingerprint density at radius 2 is 1.84 bits per heavy atom. The highest BCUT2D eigenvalue weighted by molar-refractivity contribution is 5.45. The monoisotopic (exact) mass is 254 g/mol. The molecule has 0 saturated heterocycles. The second-order valence-electron chi connectivity index (χ2n) is 5.36. The molecule has 19 heavy (non-hydrogen) atoms. The van der Waals surface area contributed by atoms with Crippen molar-refractivity contribution >= 4 is 5.65 Å². The second kappa shape index (κ2) is 5.40. The first-order valence-corrected chi connectivity index (χ1v) is 7.13. The summed E-state index contributed by atoms with van der Waals surface area (Å²) in [6.45, 7) is 0. The van der Waals surface area contributed by atoms with Gasteiger partial charge in [0, 0.05) is 18.2 Å². The van der Waals surface area contributed by atoms with Gasteiger partial charge in [0.25, 0.3) is 0 Å². The summed E-state index contributed by atoms with van der Waals surface area (Å²) < 4.78 is 2.05. The molecule has 1 aliphatic carbocycles. The molecular weight excluding hydrogens is 236 g/mol. The van der Waals surface area contributed by atoms with E-state index in [0.717, 1.165) is 11.5 Å². The van der Waals surface area contributed by atoms with Crippen molar-refractivity contribution in [2.75, 3.05) is 0 Å². The maximum absolute atomic E-state index is 8.91. The Bertz CT molecular complexity index is 600. The third-order valence-corrected chi connectivity index (χ3v) is 4.04. The summed E-state index contributed by atoms with van der Waals surface area (Å²) in [6.07, 6.45) is 11.0. The zero-order valence-electron chi connectivity index (χ0n) is 11.0. The molecule has 0 N–H and O–H groups in total. The molecule has 3 rings (SSSR count). The lowest BCUT2D eigenvalue weighted by Crippen LogP contribution is -2.07. The Hall–Kier alpha value is -1.89. The molecule has 0 amide bonds. The van der Waals surface area contributed by atoms with E-state index in [0.29, 0.717) is 11.5 Å². The van der Waals surface area contributed by atoms with Crippen LogP contribution in [0.25, 0.3) is 5.65 Å². The fourth-order valence-corrected chi connectivity index (χ4v) is 2.97. The zero-order chi connectivity index (χ0) is 13.1. The fourth-order valence-electron chi connectivity index (χ4n) is 2.97. The van der Waals surface area contributed by atoms with Crippen molar-refractivity contribution in [3.05, 3.63) is 29.7 Å². The molecule has 0 aliphatic heterocycles. The third-order valence-electron chi connectivity index (χ3n) is 4.04. The van der Waals surface area contributed by atoms with Gasteiger partial charge < -0.3 is 0 Å². The van der Waals surface area contributed by atoms with Crippen molar-refractivity contribution < 1.29 is 0 Å². The van der Waals surface area contributed by atoms with Crippen molar-refractivity contribution in [3.8, 4) is 6.07 Å². The molecule has 4 nitrogen and oxygen atoms in total. The quantitative estimate of drug-likeness (QED) is 0.783. The molecule has 2 heterocycles. The Morgan fingerprint density at radius 3 is 2.58 bits per heavy atom. The zero-order valence-corrected chi connectivity index (χ0v) is 11.0. The van der Waals surface area contributed by atoms with Crippen LogP contribution in [0.15, 0.2) is 18.3 Å². The van der Waals surface area contributed by atoms with E-state index in [9.17, 15) is 0 Å². The van der Waals surface area contributed by atoms with Crippen LogP contribution in [-0.4, -0.2) is 14.6 Å². The van der Waals surface area contributed by atoms with Crippen LogP contribution in [0.2, 0.25) is 0 Å². The normalized spacial score (nSPS) is 17.8. The average Bonchev–Trinajstić information content (AvgIpc) is 2.81. The van der Waals surface area contributed by atoms with Gasteiger partial charge in [0.2, 0.25) is 0 Å². The van der Waals surface area contributed by atoms with Crippen LogP contribution in [0.5, 0.6) is 0 Å². The Kier molecular flexibility index (Phi) is 3.45. The van der Waals surface area contributed by atoms with E-state index >= 15 is 0 Å². The van der Waals surface area contributed by atoms with E-state index in [4.69, 9.17) is 5.26 Å². The van der Waals surface area contributed by atoms with Gasteiger partial charge in [0.05, 0.1) is 11.6 Å². The molecule has 0 radical (unpaired) electrons. The van der Waals surface area contributed by atoms with E-state index < -0.39 is 0 Å². The van der Waals surface area contributed by atoms with Gasteiger partial charge in [-0.05, 0) is 18.9 Å². The van der Waals surface area contributed by atoms with Crippen LogP contribution in [0.3, 0.4) is 0 Å². The Morgan fingerprint density at radius 1 is 1.11 bits per heavy atom. The van der Waals surface area contributed by atoms with Gasteiger partial charge in [-0.25, -0.2) is 0 Å². The van der Waals surface area contributed by atoms with E-state index in [1.807, 2.05) is 16.7 Å². The maximum Gasteiger partial charge on any atom is 0.162 e. The molecule has 0 unspecified atom stereocenters. The SMILES string of the molecule is N#Cc1ccn2c(C3CCCCCCC3)nnc2c1. The van der Waals surface area contributed by atoms with Gasteiger partial charge in [-0.2, -0.15) is 5.26 Å². The van der Waals surface area contributed by atoms with Gasteiger partial charge in [-0.3, -0.25) is 4.40 Å². The predicted molar refractivity (Wildman–Crippen MR) is 72.8 cm³/mol. The van der Waals surface area contributed by atoms with Crippen LogP contribution < -0.4 is 0 Å². The summed E-state index contributed by atoms with van der Waals surface area (Å²) in [5.74, 6) is 1.59. The van der Waals surface area contributed by atoms with Crippen LogP contribution in [-0.2, 0) is 0 Å². The predicted octanol–water partition coefficient (Wildman–Crippen LogP) is 3.43.